The topological polar surface area (TPSA) is 21.5 Å². The van der Waals surface area contributed by atoms with Crippen LogP contribution >= 0.6 is 0 Å². The Hall–Kier alpha value is -2.35. The number of aldehydes is 1. The van der Waals surface area contributed by atoms with Crippen LogP contribution in [0.1, 0.15) is 35.8 Å². The van der Waals surface area contributed by atoms with Crippen molar-refractivity contribution in [1.82, 2.24) is 4.40 Å². The summed E-state index contributed by atoms with van der Waals surface area (Å²) in [6.45, 7) is 4.36. The standard InChI is InChI=1S/C18H17NO/c1-13(2)14-6-8-15(9-7-14)17-11-16-5-3-4-10-19(16)18(17)12-20/h3-13H,1-2H3. The minimum atomic E-state index is 0.516. The number of aromatic nitrogens is 1. The maximum atomic E-state index is 11.4. The van der Waals surface area contributed by atoms with Crippen molar-refractivity contribution < 1.29 is 4.79 Å². The SMILES string of the molecule is CC(C)c1ccc(-c2cc3ccccn3c2C=O)cc1. The zero-order valence-corrected chi connectivity index (χ0v) is 11.7. The number of hydrogen-bond donors (Lipinski definition) is 0. The zero-order chi connectivity index (χ0) is 14.1. The summed E-state index contributed by atoms with van der Waals surface area (Å²) in [5.74, 6) is 0.516. The van der Waals surface area contributed by atoms with Crippen molar-refractivity contribution in [3.8, 4) is 11.1 Å². The summed E-state index contributed by atoms with van der Waals surface area (Å²) >= 11 is 0. The number of carbonyl (C=O) groups is 1. The molecule has 3 rings (SSSR count). The minimum absolute atomic E-state index is 0.516. The number of hydrogen-bond acceptors (Lipinski definition) is 1. The Bertz CT molecular complexity index is 751. The van der Waals surface area contributed by atoms with E-state index in [-0.39, 0.29) is 0 Å². The smallest absolute Gasteiger partial charge is 0.167 e. The van der Waals surface area contributed by atoms with Gasteiger partial charge in [0.15, 0.2) is 6.29 Å². The van der Waals surface area contributed by atoms with E-state index >= 15 is 0 Å². The van der Waals surface area contributed by atoms with Gasteiger partial charge in [-0.1, -0.05) is 44.2 Å². The molecular formula is C18H17NO. The number of nitrogens with zero attached hydrogens (tertiary/aromatic N) is 1. The first-order valence-electron chi connectivity index (χ1n) is 6.86. The summed E-state index contributed by atoms with van der Waals surface area (Å²) in [5.41, 5.74) is 5.13. The summed E-state index contributed by atoms with van der Waals surface area (Å²) in [5, 5.41) is 0. The summed E-state index contributed by atoms with van der Waals surface area (Å²) in [6, 6.07) is 16.5. The lowest BCUT2D eigenvalue weighted by molar-refractivity contribution is 0.111. The lowest BCUT2D eigenvalue weighted by atomic mass is 9.99. The van der Waals surface area contributed by atoms with Crippen LogP contribution in [0.4, 0.5) is 0 Å². The van der Waals surface area contributed by atoms with Crippen LogP contribution in [0.25, 0.3) is 16.6 Å². The largest absolute Gasteiger partial charge is 0.314 e. The van der Waals surface area contributed by atoms with E-state index in [9.17, 15) is 4.79 Å². The highest BCUT2D eigenvalue weighted by atomic mass is 16.1. The van der Waals surface area contributed by atoms with E-state index in [2.05, 4.69) is 44.2 Å². The van der Waals surface area contributed by atoms with Crippen LogP contribution in [0.15, 0.2) is 54.7 Å². The van der Waals surface area contributed by atoms with E-state index in [1.54, 1.807) is 0 Å². The van der Waals surface area contributed by atoms with Crippen LogP contribution in [-0.4, -0.2) is 10.7 Å². The number of pyridine rings is 1. The summed E-state index contributed by atoms with van der Waals surface area (Å²) in [7, 11) is 0. The van der Waals surface area contributed by atoms with Crippen LogP contribution in [0, 0.1) is 0 Å². The molecule has 100 valence electrons. The molecule has 0 radical (unpaired) electrons. The minimum Gasteiger partial charge on any atom is -0.314 e. The average molecular weight is 263 g/mol. The molecule has 0 aliphatic rings. The van der Waals surface area contributed by atoms with E-state index in [0.29, 0.717) is 11.6 Å². The lowest BCUT2D eigenvalue weighted by Crippen LogP contribution is -1.92. The van der Waals surface area contributed by atoms with Gasteiger partial charge in [-0.25, -0.2) is 0 Å². The van der Waals surface area contributed by atoms with Crippen molar-refractivity contribution in [3.05, 3.63) is 66.0 Å². The van der Waals surface area contributed by atoms with Gasteiger partial charge >= 0.3 is 0 Å². The van der Waals surface area contributed by atoms with Gasteiger partial charge < -0.3 is 4.40 Å². The fourth-order valence-electron chi connectivity index (χ4n) is 2.54. The van der Waals surface area contributed by atoms with Gasteiger partial charge in [0.25, 0.3) is 0 Å². The molecule has 3 aromatic rings. The molecule has 2 heteroatoms. The molecule has 0 spiro atoms. The average Bonchev–Trinajstić information content (AvgIpc) is 2.85. The molecule has 0 aliphatic heterocycles. The van der Waals surface area contributed by atoms with Crippen molar-refractivity contribution in [1.29, 1.82) is 0 Å². The molecule has 1 aromatic carbocycles. The van der Waals surface area contributed by atoms with Crippen LogP contribution in [0.3, 0.4) is 0 Å². The highest BCUT2D eigenvalue weighted by molar-refractivity contribution is 5.89. The van der Waals surface area contributed by atoms with Crippen molar-refractivity contribution >= 4 is 11.8 Å². The normalized spacial score (nSPS) is 11.2. The summed E-state index contributed by atoms with van der Waals surface area (Å²) in [4.78, 5) is 11.4. The van der Waals surface area contributed by atoms with Gasteiger partial charge in [0.05, 0.1) is 5.69 Å². The van der Waals surface area contributed by atoms with E-state index in [1.165, 1.54) is 5.56 Å². The Balaban J connectivity index is 2.16. The molecule has 0 unspecified atom stereocenters. The van der Waals surface area contributed by atoms with Crippen LogP contribution in [-0.2, 0) is 0 Å². The van der Waals surface area contributed by atoms with Gasteiger partial charge in [0.1, 0.15) is 0 Å². The molecule has 0 fully saturated rings. The van der Waals surface area contributed by atoms with Crippen molar-refractivity contribution in [3.63, 3.8) is 0 Å². The Labute approximate surface area is 118 Å². The summed E-state index contributed by atoms with van der Waals surface area (Å²) < 4.78 is 1.93. The molecular weight excluding hydrogens is 246 g/mol. The molecule has 0 N–H and O–H groups in total. The third-order valence-corrected chi connectivity index (χ3v) is 3.72. The predicted molar refractivity (Wildman–Crippen MR) is 82.3 cm³/mol. The molecule has 0 aliphatic carbocycles. The van der Waals surface area contributed by atoms with E-state index in [4.69, 9.17) is 0 Å². The second-order valence-electron chi connectivity index (χ2n) is 5.33. The number of fused-ring (bicyclic) bond motifs is 1. The Morgan fingerprint density at radius 1 is 1.05 bits per heavy atom. The van der Waals surface area contributed by atoms with Crippen LogP contribution < -0.4 is 0 Å². The van der Waals surface area contributed by atoms with Crippen LogP contribution in [0.5, 0.6) is 0 Å². The number of rotatable bonds is 3. The van der Waals surface area contributed by atoms with Gasteiger partial charge in [-0.05, 0) is 35.2 Å². The first-order chi connectivity index (χ1) is 9.70. The van der Waals surface area contributed by atoms with Crippen molar-refractivity contribution in [2.75, 3.05) is 0 Å². The maximum absolute atomic E-state index is 11.4. The predicted octanol–water partition coefficient (Wildman–Crippen LogP) is 4.54. The Morgan fingerprint density at radius 2 is 1.80 bits per heavy atom. The van der Waals surface area contributed by atoms with Gasteiger partial charge in [-0.15, -0.1) is 0 Å². The molecule has 0 bridgehead atoms. The van der Waals surface area contributed by atoms with Crippen molar-refractivity contribution in [2.24, 2.45) is 0 Å². The van der Waals surface area contributed by atoms with E-state index < -0.39 is 0 Å². The monoisotopic (exact) mass is 263 g/mol. The Morgan fingerprint density at radius 3 is 2.45 bits per heavy atom. The molecule has 0 amide bonds. The third kappa shape index (κ3) is 2.03. The quantitative estimate of drug-likeness (QED) is 0.635. The first kappa shape index (κ1) is 12.7. The van der Waals surface area contributed by atoms with E-state index in [1.807, 2.05) is 28.8 Å². The molecule has 2 nitrogen and oxygen atoms in total. The van der Waals surface area contributed by atoms with Crippen LogP contribution in [0.2, 0.25) is 0 Å². The molecule has 2 aromatic heterocycles. The first-order valence-corrected chi connectivity index (χ1v) is 6.86. The van der Waals surface area contributed by atoms with E-state index in [0.717, 1.165) is 22.9 Å². The second-order valence-corrected chi connectivity index (χ2v) is 5.33. The number of carbonyl (C=O) groups excluding carboxylic acids is 1. The lowest BCUT2D eigenvalue weighted by Gasteiger charge is -2.06. The third-order valence-electron chi connectivity index (χ3n) is 3.72. The fraction of sp³-hybridized carbons (Fsp3) is 0.167. The van der Waals surface area contributed by atoms with Gasteiger partial charge in [0, 0.05) is 17.3 Å². The summed E-state index contributed by atoms with van der Waals surface area (Å²) in [6.07, 6.45) is 2.85. The second kappa shape index (κ2) is 4.97. The maximum Gasteiger partial charge on any atom is 0.167 e. The molecule has 20 heavy (non-hydrogen) atoms. The van der Waals surface area contributed by atoms with Gasteiger partial charge in [-0.3, -0.25) is 4.79 Å². The molecule has 2 heterocycles. The molecule has 0 atom stereocenters. The zero-order valence-electron chi connectivity index (χ0n) is 11.7. The Kier molecular flexibility index (Phi) is 3.15. The highest BCUT2D eigenvalue weighted by Crippen LogP contribution is 2.28. The van der Waals surface area contributed by atoms with Crippen molar-refractivity contribution in [2.45, 2.75) is 19.8 Å². The fourth-order valence-corrected chi connectivity index (χ4v) is 2.54. The molecule has 0 saturated carbocycles. The number of benzene rings is 1. The highest BCUT2D eigenvalue weighted by Gasteiger charge is 2.11. The van der Waals surface area contributed by atoms with Gasteiger partial charge in [0.2, 0.25) is 0 Å². The molecule has 0 saturated heterocycles. The van der Waals surface area contributed by atoms with Gasteiger partial charge in [-0.2, -0.15) is 0 Å².